The molecule has 3 aromatic rings. The molecule has 45 heavy (non-hydrogen) atoms. The lowest BCUT2D eigenvalue weighted by Crippen LogP contribution is -2.43. The lowest BCUT2D eigenvalue weighted by Gasteiger charge is -2.31. The van der Waals surface area contributed by atoms with Gasteiger partial charge in [-0.3, -0.25) is 4.79 Å². The molecular formula is C24H22F9N5O5S2. The lowest BCUT2D eigenvalue weighted by atomic mass is 10.0. The van der Waals surface area contributed by atoms with E-state index in [1.54, 1.807) is 0 Å². The second kappa shape index (κ2) is 11.5. The molecule has 0 bridgehead atoms. The summed E-state index contributed by atoms with van der Waals surface area (Å²) in [7, 11) is -5.63. The molecule has 0 spiro atoms. The molecule has 1 fully saturated rings. The highest BCUT2D eigenvalue weighted by Crippen LogP contribution is 2.44. The minimum Gasteiger partial charge on any atom is -0.415 e. The molecule has 2 aromatic heterocycles. The van der Waals surface area contributed by atoms with E-state index in [-0.39, 0.29) is 17.0 Å². The third-order valence-corrected chi connectivity index (χ3v) is 9.15. The fourth-order valence-electron chi connectivity index (χ4n) is 4.07. The van der Waals surface area contributed by atoms with Gasteiger partial charge < -0.3 is 14.4 Å². The van der Waals surface area contributed by atoms with E-state index in [1.807, 2.05) is 0 Å². The number of nitrogens with one attached hydrogen (secondary N) is 1. The zero-order valence-electron chi connectivity index (χ0n) is 23.1. The number of alkyl halides is 8. The Morgan fingerprint density at radius 2 is 1.71 bits per heavy atom. The summed E-state index contributed by atoms with van der Waals surface area (Å²) < 4.78 is 156. The molecule has 0 radical (unpaired) electrons. The fraction of sp³-hybridized carbons (Fsp3) is 0.500. The van der Waals surface area contributed by atoms with Crippen molar-refractivity contribution in [2.24, 2.45) is 0 Å². The van der Waals surface area contributed by atoms with E-state index in [9.17, 15) is 53.4 Å². The van der Waals surface area contributed by atoms with Crippen LogP contribution in [0.1, 0.15) is 55.6 Å². The van der Waals surface area contributed by atoms with Crippen LogP contribution in [0, 0.1) is 5.82 Å². The molecule has 21 heteroatoms. The Morgan fingerprint density at radius 1 is 1.11 bits per heavy atom. The van der Waals surface area contributed by atoms with Crippen LogP contribution in [0.25, 0.3) is 21.3 Å². The number of hydrogen-bond donors (Lipinski definition) is 2. The Hall–Kier alpha value is -3.30. The number of carbonyl (C=O) groups is 1. The van der Waals surface area contributed by atoms with Crippen molar-refractivity contribution in [1.29, 1.82) is 0 Å². The van der Waals surface area contributed by atoms with Crippen molar-refractivity contribution in [1.82, 2.24) is 24.8 Å². The molecule has 0 unspecified atom stereocenters. The van der Waals surface area contributed by atoms with E-state index < -0.39 is 110 Å². The molecule has 1 aromatic carbocycles. The number of halogens is 9. The molecule has 0 saturated carbocycles. The van der Waals surface area contributed by atoms with Crippen LogP contribution in [-0.2, 0) is 21.8 Å². The second-order valence-electron chi connectivity index (χ2n) is 10.5. The average molecular weight is 696 g/mol. The molecular weight excluding hydrogens is 673 g/mol. The molecule has 1 atom stereocenters. The lowest BCUT2D eigenvalue weighted by molar-refractivity contribution is -0.147. The summed E-state index contributed by atoms with van der Waals surface area (Å²) in [6.07, 6.45) is -12.5. The number of rotatable bonds is 7. The van der Waals surface area contributed by atoms with Crippen molar-refractivity contribution in [2.75, 3.05) is 13.1 Å². The summed E-state index contributed by atoms with van der Waals surface area (Å²) in [6, 6.07) is -2.15. The van der Waals surface area contributed by atoms with E-state index in [0.717, 1.165) is 9.62 Å². The standard InChI is InChI=1S/C24H22F9N5O5S2/c1-10(23(28,29)30)37-45(41,42)12-5-4-11(14(25)13(12)24(31,32)33)16-15(19(39)38-8-6-22(26,27)7-9-38)34-18(44-16)17-35-36-20(43-17)21(2,3)40/h4-5,10,37,40H,6-9H2,1-3H3/t10-/m0/s1. The van der Waals surface area contributed by atoms with Gasteiger partial charge in [-0.1, -0.05) is 0 Å². The maximum atomic E-state index is 15.8. The number of piperidine rings is 1. The summed E-state index contributed by atoms with van der Waals surface area (Å²) in [6.45, 7) is 1.86. The Morgan fingerprint density at radius 3 is 2.22 bits per heavy atom. The van der Waals surface area contributed by atoms with Gasteiger partial charge in [0.15, 0.2) is 5.01 Å². The number of aromatic nitrogens is 3. The van der Waals surface area contributed by atoms with Crippen LogP contribution >= 0.6 is 11.3 Å². The first-order chi connectivity index (χ1) is 20.4. The van der Waals surface area contributed by atoms with Crippen LogP contribution in [0.2, 0.25) is 0 Å². The topological polar surface area (TPSA) is 139 Å². The Kier molecular flexibility index (Phi) is 8.83. The summed E-state index contributed by atoms with van der Waals surface area (Å²) in [4.78, 5) is 15.8. The van der Waals surface area contributed by atoms with Crippen molar-refractivity contribution < 1.29 is 62.2 Å². The van der Waals surface area contributed by atoms with E-state index in [0.29, 0.717) is 24.3 Å². The monoisotopic (exact) mass is 695 g/mol. The van der Waals surface area contributed by atoms with Gasteiger partial charge in [-0.05, 0) is 32.9 Å². The van der Waals surface area contributed by atoms with Crippen molar-refractivity contribution in [3.8, 4) is 21.3 Å². The van der Waals surface area contributed by atoms with Gasteiger partial charge in [0.25, 0.3) is 17.7 Å². The third-order valence-electron chi connectivity index (χ3n) is 6.49. The minimum absolute atomic E-state index is 0.209. The average Bonchev–Trinajstić information content (AvgIpc) is 3.54. The van der Waals surface area contributed by atoms with Crippen LogP contribution in [0.4, 0.5) is 39.5 Å². The Balaban J connectivity index is 1.90. The van der Waals surface area contributed by atoms with Crippen molar-refractivity contribution >= 4 is 27.3 Å². The molecule has 4 rings (SSSR count). The van der Waals surface area contributed by atoms with Gasteiger partial charge in [0.05, 0.1) is 9.77 Å². The number of likely N-dealkylation sites (tertiary alicyclic amines) is 1. The third kappa shape index (κ3) is 7.25. The maximum absolute atomic E-state index is 15.8. The van der Waals surface area contributed by atoms with Gasteiger partial charge >= 0.3 is 12.4 Å². The van der Waals surface area contributed by atoms with Gasteiger partial charge in [-0.15, -0.1) is 21.5 Å². The predicted octanol–water partition coefficient (Wildman–Crippen LogP) is 5.35. The number of aliphatic hydroxyl groups is 1. The molecule has 1 aliphatic rings. The highest BCUT2D eigenvalue weighted by atomic mass is 32.2. The van der Waals surface area contributed by atoms with Crippen molar-refractivity contribution in [3.05, 3.63) is 35.1 Å². The highest BCUT2D eigenvalue weighted by Gasteiger charge is 2.45. The maximum Gasteiger partial charge on any atom is 0.420 e. The number of carbonyl (C=O) groups excluding carboxylic acids is 1. The summed E-state index contributed by atoms with van der Waals surface area (Å²) in [5, 5.41) is 17.0. The molecule has 10 nitrogen and oxygen atoms in total. The molecule has 2 N–H and O–H groups in total. The SMILES string of the molecule is C[C@H](NS(=O)(=O)c1ccc(-c2sc(-c3nnc(C(C)(C)O)o3)nc2C(=O)N2CCC(F)(F)CC2)c(F)c1C(F)(F)F)C(F)(F)F. The molecule has 3 heterocycles. The zero-order chi connectivity index (χ0) is 33.9. The number of hydrogen-bond acceptors (Lipinski definition) is 9. The molecule has 1 aliphatic heterocycles. The number of amides is 1. The fourth-order valence-corrected chi connectivity index (χ4v) is 6.51. The molecule has 248 valence electrons. The van der Waals surface area contributed by atoms with Crippen LogP contribution in [-0.4, -0.2) is 70.7 Å². The van der Waals surface area contributed by atoms with Gasteiger partial charge in [-0.2, -0.15) is 31.1 Å². The minimum atomic E-state index is -5.78. The van der Waals surface area contributed by atoms with E-state index in [1.165, 1.54) is 13.8 Å². The zero-order valence-corrected chi connectivity index (χ0v) is 24.8. The summed E-state index contributed by atoms with van der Waals surface area (Å²) in [5.74, 6) is -7.29. The first-order valence-corrected chi connectivity index (χ1v) is 15.0. The number of sulfonamides is 1. The van der Waals surface area contributed by atoms with E-state index in [4.69, 9.17) is 4.42 Å². The normalized spacial score (nSPS) is 17.0. The smallest absolute Gasteiger partial charge is 0.415 e. The quantitative estimate of drug-likeness (QED) is 0.316. The van der Waals surface area contributed by atoms with E-state index in [2.05, 4.69) is 15.2 Å². The van der Waals surface area contributed by atoms with Gasteiger partial charge in [0.1, 0.15) is 28.7 Å². The van der Waals surface area contributed by atoms with E-state index >= 15 is 4.39 Å². The summed E-state index contributed by atoms with van der Waals surface area (Å²) >= 11 is 0.337. The number of thiazole rings is 1. The predicted molar refractivity (Wildman–Crippen MR) is 137 cm³/mol. The molecule has 0 aliphatic carbocycles. The Bertz CT molecular complexity index is 1700. The molecule has 1 amide bonds. The van der Waals surface area contributed by atoms with Crippen molar-refractivity contribution in [2.45, 2.75) is 68.4 Å². The van der Waals surface area contributed by atoms with Gasteiger partial charge in [0.2, 0.25) is 15.9 Å². The second-order valence-corrected chi connectivity index (χ2v) is 13.2. The Labute approximate surface area is 252 Å². The van der Waals surface area contributed by atoms with Crippen molar-refractivity contribution in [3.63, 3.8) is 0 Å². The summed E-state index contributed by atoms with van der Waals surface area (Å²) in [5.41, 5.74) is -5.91. The van der Waals surface area contributed by atoms with Crippen LogP contribution in [0.15, 0.2) is 21.4 Å². The number of benzene rings is 1. The number of nitrogens with zero attached hydrogens (tertiary/aromatic N) is 4. The van der Waals surface area contributed by atoms with Gasteiger partial charge in [-0.25, -0.2) is 26.6 Å². The van der Waals surface area contributed by atoms with Crippen LogP contribution < -0.4 is 4.72 Å². The first kappa shape index (κ1) is 34.6. The van der Waals surface area contributed by atoms with Crippen LogP contribution in [0.3, 0.4) is 0 Å². The van der Waals surface area contributed by atoms with Gasteiger partial charge in [0, 0.05) is 31.5 Å². The van der Waals surface area contributed by atoms with Crippen LogP contribution in [0.5, 0.6) is 0 Å². The first-order valence-electron chi connectivity index (χ1n) is 12.7. The molecule has 1 saturated heterocycles. The largest absolute Gasteiger partial charge is 0.420 e. The highest BCUT2D eigenvalue weighted by molar-refractivity contribution is 7.89.